The molecule has 0 bridgehead atoms. The Morgan fingerprint density at radius 3 is 2.33 bits per heavy atom. The molecule has 0 amide bonds. The molecule has 2 aliphatic rings. The van der Waals surface area contributed by atoms with E-state index in [0.29, 0.717) is 5.82 Å². The number of nitrogens with zero attached hydrogens (tertiary/aromatic N) is 2. The van der Waals surface area contributed by atoms with Crippen molar-refractivity contribution in [3.63, 3.8) is 0 Å². The van der Waals surface area contributed by atoms with Gasteiger partial charge in [-0.15, -0.1) is 0 Å². The van der Waals surface area contributed by atoms with Crippen LogP contribution in [-0.4, -0.2) is 28.3 Å². The van der Waals surface area contributed by atoms with Crippen LogP contribution in [0.15, 0.2) is 16.9 Å². The maximum absolute atomic E-state index is 10.3. The fraction of sp³-hybridized carbons (Fsp3) is 0.600. The van der Waals surface area contributed by atoms with Gasteiger partial charge in [-0.3, -0.25) is 0 Å². The maximum Gasteiger partial charge on any atom is 0.160 e. The summed E-state index contributed by atoms with van der Waals surface area (Å²) >= 11 is 3.27. The number of aromatic nitrogens is 2. The Morgan fingerprint density at radius 2 is 1.87 bits per heavy atom. The average molecular weight is 271 g/mol. The first-order valence-corrected chi connectivity index (χ1v) is 5.70. The summed E-state index contributed by atoms with van der Waals surface area (Å²) in [7, 11) is 0. The third-order valence-electron chi connectivity index (χ3n) is 3.19. The van der Waals surface area contributed by atoms with Crippen molar-refractivity contribution in [2.24, 2.45) is 5.41 Å². The van der Waals surface area contributed by atoms with Gasteiger partial charge in [-0.25, -0.2) is 9.97 Å². The fourth-order valence-corrected chi connectivity index (χ4v) is 2.70. The number of aliphatic hydroxyl groups is 1. The first kappa shape index (κ1) is 9.69. The standard InChI is InChI=1S/C10H11BrN2O2/c11-7-1-12-8(13-2-7)10(14)3-9(4-10)5-15-6-9/h1-2,14H,3-6H2. The normalized spacial score (nSPS) is 25.7. The molecule has 15 heavy (non-hydrogen) atoms. The second-order valence-electron chi connectivity index (χ2n) is 4.60. The summed E-state index contributed by atoms with van der Waals surface area (Å²) in [5.74, 6) is 0.531. The number of hydrogen-bond acceptors (Lipinski definition) is 4. The van der Waals surface area contributed by atoms with Crippen LogP contribution >= 0.6 is 15.9 Å². The number of rotatable bonds is 1. The summed E-state index contributed by atoms with van der Waals surface area (Å²) in [6, 6.07) is 0. The Bertz CT molecular complexity index is 381. The highest BCUT2D eigenvalue weighted by Crippen LogP contribution is 2.56. The summed E-state index contributed by atoms with van der Waals surface area (Å²) in [4.78, 5) is 8.29. The minimum atomic E-state index is -0.829. The van der Waals surface area contributed by atoms with Gasteiger partial charge in [0.15, 0.2) is 5.82 Å². The Labute approximate surface area is 95.8 Å². The molecule has 3 rings (SSSR count). The summed E-state index contributed by atoms with van der Waals surface area (Å²) in [6.45, 7) is 1.54. The highest BCUT2D eigenvalue weighted by molar-refractivity contribution is 9.10. The smallest absolute Gasteiger partial charge is 0.160 e. The lowest BCUT2D eigenvalue weighted by atomic mass is 9.57. The molecule has 1 aliphatic carbocycles. The summed E-state index contributed by atoms with van der Waals surface area (Å²) in [5.41, 5.74) is -0.615. The van der Waals surface area contributed by atoms with Crippen molar-refractivity contribution in [2.75, 3.05) is 13.2 Å². The molecular weight excluding hydrogens is 260 g/mol. The van der Waals surface area contributed by atoms with Crippen LogP contribution in [0.5, 0.6) is 0 Å². The van der Waals surface area contributed by atoms with E-state index < -0.39 is 5.60 Å². The van der Waals surface area contributed by atoms with E-state index in [1.807, 2.05) is 0 Å². The topological polar surface area (TPSA) is 55.2 Å². The van der Waals surface area contributed by atoms with Crippen molar-refractivity contribution < 1.29 is 9.84 Å². The van der Waals surface area contributed by atoms with Crippen LogP contribution in [-0.2, 0) is 10.3 Å². The Morgan fingerprint density at radius 1 is 1.27 bits per heavy atom. The molecule has 4 nitrogen and oxygen atoms in total. The molecule has 0 radical (unpaired) electrons. The van der Waals surface area contributed by atoms with Crippen molar-refractivity contribution in [3.05, 3.63) is 22.7 Å². The van der Waals surface area contributed by atoms with E-state index >= 15 is 0 Å². The quantitative estimate of drug-likeness (QED) is 0.834. The lowest BCUT2D eigenvalue weighted by molar-refractivity contribution is -0.247. The van der Waals surface area contributed by atoms with E-state index in [9.17, 15) is 5.11 Å². The molecule has 5 heteroatoms. The average Bonchev–Trinajstić information content (AvgIpc) is 2.11. The minimum Gasteiger partial charge on any atom is -0.382 e. The predicted octanol–water partition coefficient (Wildman–Crippen LogP) is 1.24. The Balaban J connectivity index is 1.80. The largest absolute Gasteiger partial charge is 0.382 e. The highest BCUT2D eigenvalue weighted by Gasteiger charge is 2.59. The molecular formula is C10H11BrN2O2. The lowest BCUT2D eigenvalue weighted by Crippen LogP contribution is -2.60. The minimum absolute atomic E-state index is 0.213. The van der Waals surface area contributed by atoms with E-state index in [0.717, 1.165) is 30.5 Å². The third kappa shape index (κ3) is 1.41. The summed E-state index contributed by atoms with van der Waals surface area (Å²) in [6.07, 6.45) is 4.79. The molecule has 1 spiro atoms. The van der Waals surface area contributed by atoms with Crippen LogP contribution in [0.2, 0.25) is 0 Å². The molecule has 1 N–H and O–H groups in total. The zero-order valence-electron chi connectivity index (χ0n) is 8.11. The molecule has 0 atom stereocenters. The van der Waals surface area contributed by atoms with Gasteiger partial charge in [0, 0.05) is 17.8 Å². The van der Waals surface area contributed by atoms with E-state index in [4.69, 9.17) is 4.74 Å². The fourth-order valence-electron chi connectivity index (χ4n) is 2.49. The van der Waals surface area contributed by atoms with Crippen LogP contribution in [0.1, 0.15) is 18.7 Å². The van der Waals surface area contributed by atoms with Crippen molar-refractivity contribution in [3.8, 4) is 0 Å². The monoisotopic (exact) mass is 270 g/mol. The number of hydrogen-bond donors (Lipinski definition) is 1. The van der Waals surface area contributed by atoms with Gasteiger partial charge in [-0.05, 0) is 28.8 Å². The second-order valence-corrected chi connectivity index (χ2v) is 5.52. The van der Waals surface area contributed by atoms with Gasteiger partial charge in [0.25, 0.3) is 0 Å². The van der Waals surface area contributed by atoms with Crippen LogP contribution in [0.3, 0.4) is 0 Å². The summed E-state index contributed by atoms with van der Waals surface area (Å²) < 4.78 is 6.00. The van der Waals surface area contributed by atoms with Crippen molar-refractivity contribution >= 4 is 15.9 Å². The van der Waals surface area contributed by atoms with Crippen LogP contribution in [0, 0.1) is 5.41 Å². The van der Waals surface area contributed by atoms with Gasteiger partial charge < -0.3 is 9.84 Å². The van der Waals surface area contributed by atoms with Crippen LogP contribution < -0.4 is 0 Å². The number of ether oxygens (including phenoxy) is 1. The molecule has 1 aromatic heterocycles. The van der Waals surface area contributed by atoms with Crippen molar-refractivity contribution in [2.45, 2.75) is 18.4 Å². The van der Waals surface area contributed by atoms with E-state index in [1.165, 1.54) is 0 Å². The van der Waals surface area contributed by atoms with Crippen molar-refractivity contribution in [1.29, 1.82) is 0 Å². The van der Waals surface area contributed by atoms with Crippen LogP contribution in [0.4, 0.5) is 0 Å². The zero-order chi connectivity index (χ0) is 10.5. The van der Waals surface area contributed by atoms with Gasteiger partial charge in [0.05, 0.1) is 17.7 Å². The molecule has 1 aliphatic heterocycles. The summed E-state index contributed by atoms with van der Waals surface area (Å²) in [5, 5.41) is 10.3. The Hall–Kier alpha value is -0.520. The first-order valence-electron chi connectivity index (χ1n) is 4.90. The highest BCUT2D eigenvalue weighted by atomic mass is 79.9. The molecule has 2 fully saturated rings. The zero-order valence-corrected chi connectivity index (χ0v) is 9.70. The predicted molar refractivity (Wildman–Crippen MR) is 56.1 cm³/mol. The molecule has 1 aromatic rings. The molecule has 1 saturated heterocycles. The Kier molecular flexibility index (Phi) is 1.93. The molecule has 80 valence electrons. The van der Waals surface area contributed by atoms with E-state index in [1.54, 1.807) is 12.4 Å². The maximum atomic E-state index is 10.3. The first-order chi connectivity index (χ1) is 7.12. The van der Waals surface area contributed by atoms with Crippen LogP contribution in [0.25, 0.3) is 0 Å². The van der Waals surface area contributed by atoms with Gasteiger partial charge in [0.1, 0.15) is 5.60 Å². The van der Waals surface area contributed by atoms with Crippen molar-refractivity contribution in [1.82, 2.24) is 9.97 Å². The molecule has 1 saturated carbocycles. The third-order valence-corrected chi connectivity index (χ3v) is 3.60. The SMILES string of the molecule is OC1(c2ncc(Br)cn2)CC2(COC2)C1. The number of halogens is 1. The molecule has 2 heterocycles. The lowest BCUT2D eigenvalue weighted by Gasteiger charge is -2.56. The van der Waals surface area contributed by atoms with E-state index in [2.05, 4.69) is 25.9 Å². The van der Waals surface area contributed by atoms with Gasteiger partial charge >= 0.3 is 0 Å². The van der Waals surface area contributed by atoms with Gasteiger partial charge in [-0.1, -0.05) is 0 Å². The van der Waals surface area contributed by atoms with Gasteiger partial charge in [0.2, 0.25) is 0 Å². The second kappa shape index (κ2) is 2.99. The van der Waals surface area contributed by atoms with Gasteiger partial charge in [-0.2, -0.15) is 0 Å². The molecule has 0 aromatic carbocycles. The molecule has 0 unspecified atom stereocenters. The van der Waals surface area contributed by atoms with E-state index in [-0.39, 0.29) is 5.41 Å².